The van der Waals surface area contributed by atoms with Gasteiger partial charge in [-0.05, 0) is 80.3 Å². The predicted octanol–water partition coefficient (Wildman–Crippen LogP) is 4.95. The Balaban J connectivity index is 1.58. The number of fused-ring (bicyclic) bond motifs is 1. The molecule has 0 saturated heterocycles. The van der Waals surface area contributed by atoms with Gasteiger partial charge in [0.2, 0.25) is 15.9 Å². The van der Waals surface area contributed by atoms with E-state index in [9.17, 15) is 13.2 Å². The summed E-state index contributed by atoms with van der Waals surface area (Å²) in [5.74, 6) is -0.0820. The Morgan fingerprint density at radius 2 is 1.84 bits per heavy atom. The maximum atomic E-state index is 12.5. The first kappa shape index (κ1) is 23.6. The van der Waals surface area contributed by atoms with Gasteiger partial charge < -0.3 is 5.32 Å². The van der Waals surface area contributed by atoms with Crippen LogP contribution in [0.15, 0.2) is 36.4 Å². The smallest absolute Gasteiger partial charge is 0.232 e. The number of carbonyl (C=O) groups is 1. The monoisotopic (exact) mass is 462 g/mol. The van der Waals surface area contributed by atoms with Gasteiger partial charge in [0.15, 0.2) is 0 Å². The third-order valence-corrected chi connectivity index (χ3v) is 7.27. The lowest BCUT2D eigenvalue weighted by Crippen LogP contribution is -2.33. The van der Waals surface area contributed by atoms with E-state index in [0.717, 1.165) is 24.0 Å². The van der Waals surface area contributed by atoms with E-state index in [1.165, 1.54) is 34.5 Å². The number of hydrogen-bond acceptors (Lipinski definition) is 3. The highest BCUT2D eigenvalue weighted by Gasteiger charge is 2.20. The van der Waals surface area contributed by atoms with Crippen LogP contribution in [0.4, 0.5) is 5.69 Å². The van der Waals surface area contributed by atoms with Crippen LogP contribution in [0.1, 0.15) is 60.9 Å². The van der Waals surface area contributed by atoms with E-state index >= 15 is 0 Å². The van der Waals surface area contributed by atoms with E-state index in [-0.39, 0.29) is 24.9 Å². The van der Waals surface area contributed by atoms with Crippen molar-refractivity contribution < 1.29 is 13.2 Å². The van der Waals surface area contributed by atoms with Crippen molar-refractivity contribution in [2.75, 3.05) is 17.1 Å². The van der Waals surface area contributed by atoms with Crippen LogP contribution in [0.5, 0.6) is 0 Å². The number of nitrogens with one attached hydrogen (secondary N) is 1. The number of amides is 1. The lowest BCUT2D eigenvalue weighted by atomic mass is 9.89. The Bertz CT molecular complexity index is 1050. The molecule has 0 heterocycles. The van der Waals surface area contributed by atoms with E-state index in [1.807, 2.05) is 13.8 Å². The van der Waals surface area contributed by atoms with Crippen LogP contribution >= 0.6 is 11.6 Å². The average Bonchev–Trinajstić information content (AvgIpc) is 2.72. The highest BCUT2D eigenvalue weighted by Crippen LogP contribution is 2.27. The molecule has 1 amide bonds. The minimum atomic E-state index is -3.49. The quantitative estimate of drug-likeness (QED) is 0.603. The van der Waals surface area contributed by atoms with Crippen LogP contribution in [0.25, 0.3) is 0 Å². The zero-order valence-electron chi connectivity index (χ0n) is 18.4. The molecule has 0 saturated carbocycles. The van der Waals surface area contributed by atoms with Gasteiger partial charge >= 0.3 is 0 Å². The van der Waals surface area contributed by atoms with E-state index in [1.54, 1.807) is 18.2 Å². The molecule has 0 spiro atoms. The fourth-order valence-corrected chi connectivity index (χ4v) is 5.30. The molecule has 1 aliphatic carbocycles. The van der Waals surface area contributed by atoms with Crippen LogP contribution in [0.2, 0.25) is 5.02 Å². The lowest BCUT2D eigenvalue weighted by molar-refractivity contribution is -0.121. The number of sulfonamides is 1. The number of carbonyl (C=O) groups excluding carboxylic acids is 1. The van der Waals surface area contributed by atoms with Crippen LogP contribution in [0.3, 0.4) is 0 Å². The minimum Gasteiger partial charge on any atom is -0.350 e. The zero-order valence-corrected chi connectivity index (χ0v) is 20.0. The standard InChI is InChI=1S/C24H31ClN2O3S/c1-17-10-13-22(25)16-23(17)27(31(3,29)30)14-6-9-24(28)26-18(2)20-12-11-19-7-4-5-8-21(19)15-20/h10-13,15-16,18H,4-9,14H2,1-3H3,(H,26,28)/t18-/m0/s1. The van der Waals surface area contributed by atoms with Crippen molar-refractivity contribution in [3.05, 3.63) is 63.7 Å². The molecule has 0 aliphatic heterocycles. The SMILES string of the molecule is Cc1ccc(Cl)cc1N(CCCC(=O)N[C@@H](C)c1ccc2c(c1)CCCC2)S(C)(=O)=O. The molecule has 0 aromatic heterocycles. The molecule has 2 aromatic carbocycles. The highest BCUT2D eigenvalue weighted by atomic mass is 35.5. The molecule has 0 radical (unpaired) electrons. The number of rotatable bonds is 8. The zero-order chi connectivity index (χ0) is 22.6. The van der Waals surface area contributed by atoms with Crippen LogP contribution < -0.4 is 9.62 Å². The highest BCUT2D eigenvalue weighted by molar-refractivity contribution is 7.92. The number of aryl methyl sites for hydroxylation is 3. The number of halogens is 1. The lowest BCUT2D eigenvalue weighted by Gasteiger charge is -2.24. The van der Waals surface area contributed by atoms with Crippen molar-refractivity contribution in [1.29, 1.82) is 0 Å². The molecule has 0 fully saturated rings. The summed E-state index contributed by atoms with van der Waals surface area (Å²) >= 11 is 6.07. The number of nitrogens with zero attached hydrogens (tertiary/aromatic N) is 1. The predicted molar refractivity (Wildman–Crippen MR) is 127 cm³/mol. The third-order valence-electron chi connectivity index (χ3n) is 5.86. The van der Waals surface area contributed by atoms with Gasteiger partial charge in [-0.2, -0.15) is 0 Å². The third kappa shape index (κ3) is 6.23. The Morgan fingerprint density at radius 3 is 2.55 bits per heavy atom. The summed E-state index contributed by atoms with van der Waals surface area (Å²) in [6.45, 7) is 4.05. The van der Waals surface area contributed by atoms with E-state index in [0.29, 0.717) is 17.1 Å². The maximum Gasteiger partial charge on any atom is 0.232 e. The summed E-state index contributed by atoms with van der Waals surface area (Å²) in [5, 5.41) is 3.53. The van der Waals surface area contributed by atoms with Crippen molar-refractivity contribution in [3.8, 4) is 0 Å². The van der Waals surface area contributed by atoms with Gasteiger partial charge in [0.05, 0.1) is 18.0 Å². The summed E-state index contributed by atoms with van der Waals surface area (Å²) < 4.78 is 26.0. The summed E-state index contributed by atoms with van der Waals surface area (Å²) in [6.07, 6.45) is 6.56. The average molecular weight is 463 g/mol. The molecular weight excluding hydrogens is 432 g/mol. The van der Waals surface area contributed by atoms with E-state index < -0.39 is 10.0 Å². The van der Waals surface area contributed by atoms with Gasteiger partial charge in [-0.3, -0.25) is 9.10 Å². The molecular formula is C24H31ClN2O3S. The fourth-order valence-electron chi connectivity index (χ4n) is 4.12. The van der Waals surface area contributed by atoms with Crippen molar-refractivity contribution in [3.63, 3.8) is 0 Å². The summed E-state index contributed by atoms with van der Waals surface area (Å²) in [4.78, 5) is 12.5. The summed E-state index contributed by atoms with van der Waals surface area (Å²) in [5.41, 5.74) is 5.30. The number of hydrogen-bond donors (Lipinski definition) is 1. The van der Waals surface area contributed by atoms with Crippen molar-refractivity contribution >= 4 is 33.2 Å². The second-order valence-electron chi connectivity index (χ2n) is 8.39. The molecule has 31 heavy (non-hydrogen) atoms. The second-order valence-corrected chi connectivity index (χ2v) is 10.7. The van der Waals surface area contributed by atoms with Crippen molar-refractivity contribution in [2.45, 2.75) is 58.4 Å². The molecule has 1 N–H and O–H groups in total. The van der Waals surface area contributed by atoms with E-state index in [4.69, 9.17) is 11.6 Å². The normalized spacial score (nSPS) is 14.6. The van der Waals surface area contributed by atoms with Gasteiger partial charge in [0, 0.05) is 18.0 Å². The molecule has 0 bridgehead atoms. The van der Waals surface area contributed by atoms with E-state index in [2.05, 4.69) is 23.5 Å². The fraction of sp³-hybridized carbons (Fsp3) is 0.458. The van der Waals surface area contributed by atoms with Gasteiger partial charge in [-0.15, -0.1) is 0 Å². The van der Waals surface area contributed by atoms with Gasteiger partial charge in [0.25, 0.3) is 0 Å². The first-order chi connectivity index (χ1) is 14.6. The molecule has 1 aliphatic rings. The molecule has 7 heteroatoms. The largest absolute Gasteiger partial charge is 0.350 e. The summed E-state index contributed by atoms with van der Waals surface area (Å²) in [7, 11) is -3.49. The number of benzene rings is 2. The minimum absolute atomic E-state index is 0.0820. The molecule has 1 atom stereocenters. The number of anilines is 1. The topological polar surface area (TPSA) is 66.5 Å². The first-order valence-electron chi connectivity index (χ1n) is 10.8. The maximum absolute atomic E-state index is 12.5. The summed E-state index contributed by atoms with van der Waals surface area (Å²) in [6, 6.07) is 11.6. The molecule has 3 rings (SSSR count). The Labute approximate surface area is 190 Å². The van der Waals surface area contributed by atoms with Crippen molar-refractivity contribution in [1.82, 2.24) is 5.32 Å². The Kier molecular flexibility index (Phi) is 7.65. The van der Waals surface area contributed by atoms with Gasteiger partial charge in [-0.25, -0.2) is 8.42 Å². The van der Waals surface area contributed by atoms with Crippen LogP contribution in [0, 0.1) is 6.92 Å². The second kappa shape index (κ2) is 10.0. The Morgan fingerprint density at radius 1 is 1.13 bits per heavy atom. The van der Waals surface area contributed by atoms with Gasteiger partial charge in [-0.1, -0.05) is 35.9 Å². The van der Waals surface area contributed by atoms with Crippen molar-refractivity contribution in [2.24, 2.45) is 0 Å². The van der Waals surface area contributed by atoms with Crippen LogP contribution in [-0.2, 0) is 27.7 Å². The first-order valence-corrected chi connectivity index (χ1v) is 13.0. The molecule has 5 nitrogen and oxygen atoms in total. The van der Waals surface area contributed by atoms with Crippen LogP contribution in [-0.4, -0.2) is 27.1 Å². The molecule has 2 aromatic rings. The molecule has 0 unspecified atom stereocenters. The van der Waals surface area contributed by atoms with Gasteiger partial charge in [0.1, 0.15) is 0 Å². The molecule has 168 valence electrons. The Hall–Kier alpha value is -2.05.